The second-order valence-corrected chi connectivity index (χ2v) is 3.39. The van der Waals surface area contributed by atoms with Gasteiger partial charge in [-0.25, -0.2) is 4.98 Å². The summed E-state index contributed by atoms with van der Waals surface area (Å²) in [7, 11) is 0. The summed E-state index contributed by atoms with van der Waals surface area (Å²) in [5.74, 6) is 0.767. The van der Waals surface area contributed by atoms with Crippen LogP contribution in [0.15, 0.2) is 24.5 Å². The van der Waals surface area contributed by atoms with Crippen LogP contribution >= 0.6 is 0 Å². The smallest absolute Gasteiger partial charge is 0.246 e. The van der Waals surface area contributed by atoms with Crippen molar-refractivity contribution in [3.8, 4) is 0 Å². The molecule has 1 aromatic heterocycles. The van der Waals surface area contributed by atoms with E-state index in [-0.39, 0.29) is 11.9 Å². The number of nitrogens with one attached hydrogen (secondary N) is 2. The van der Waals surface area contributed by atoms with Crippen LogP contribution in [0.1, 0.15) is 19.7 Å². The Labute approximate surface area is 83.4 Å². The minimum Gasteiger partial charge on any atom is -0.349 e. The van der Waals surface area contributed by atoms with Crippen LogP contribution in [0.25, 0.3) is 0 Å². The number of rotatable bonds is 4. The van der Waals surface area contributed by atoms with E-state index < -0.39 is 0 Å². The molecule has 0 saturated carbocycles. The summed E-state index contributed by atoms with van der Waals surface area (Å²) in [5, 5.41) is 2.82. The molecule has 1 atom stereocenters. The van der Waals surface area contributed by atoms with E-state index in [1.807, 2.05) is 6.92 Å². The highest BCUT2D eigenvalue weighted by Gasteiger charge is 2.08. The zero-order chi connectivity index (χ0) is 10.6. The number of carbonyl (C=O) groups is 1. The predicted octanol–water partition coefficient (Wildman–Crippen LogP) is 1.03. The molecule has 4 nitrogen and oxygen atoms in total. The van der Waals surface area contributed by atoms with Crippen molar-refractivity contribution in [2.75, 3.05) is 0 Å². The van der Waals surface area contributed by atoms with Crippen LogP contribution in [0.2, 0.25) is 0 Å². The van der Waals surface area contributed by atoms with Crippen molar-refractivity contribution in [2.24, 2.45) is 0 Å². The van der Waals surface area contributed by atoms with Crippen LogP contribution in [-0.2, 0) is 11.2 Å². The van der Waals surface area contributed by atoms with Gasteiger partial charge in [0.25, 0.3) is 0 Å². The maximum Gasteiger partial charge on any atom is 0.246 e. The quantitative estimate of drug-likeness (QED) is 0.702. The fraction of sp³-hybridized carbons (Fsp3) is 0.400. The van der Waals surface area contributed by atoms with Gasteiger partial charge in [0.2, 0.25) is 5.91 Å². The molecule has 1 rings (SSSR count). The molecule has 1 unspecified atom stereocenters. The van der Waals surface area contributed by atoms with E-state index in [1.54, 1.807) is 19.3 Å². The molecule has 0 aromatic carbocycles. The van der Waals surface area contributed by atoms with Gasteiger partial charge in [0.1, 0.15) is 5.82 Å². The lowest BCUT2D eigenvalue weighted by atomic mass is 10.2. The first kappa shape index (κ1) is 10.5. The number of nitrogens with zero attached hydrogens (tertiary/aromatic N) is 1. The molecule has 0 radical (unpaired) electrons. The molecule has 0 fully saturated rings. The van der Waals surface area contributed by atoms with Crippen molar-refractivity contribution >= 4 is 5.91 Å². The fourth-order valence-corrected chi connectivity index (χ4v) is 1.10. The highest BCUT2D eigenvalue weighted by Crippen LogP contribution is 1.97. The predicted molar refractivity (Wildman–Crippen MR) is 54.7 cm³/mol. The molecule has 1 heterocycles. The Balaban J connectivity index is 2.40. The lowest BCUT2D eigenvalue weighted by Crippen LogP contribution is -2.34. The highest BCUT2D eigenvalue weighted by molar-refractivity contribution is 5.92. The van der Waals surface area contributed by atoms with Crippen molar-refractivity contribution in [3.63, 3.8) is 0 Å². The summed E-state index contributed by atoms with van der Waals surface area (Å²) in [5.41, 5.74) is 0.524. The molecule has 14 heavy (non-hydrogen) atoms. The number of imidazole rings is 1. The standard InChI is InChI=1S/C10H15N3O/c1-7(2)10(14)13-8(3)6-9-11-4-5-12-9/h4-5,8H,1,6H2,2-3H3,(H,11,12)(H,13,14). The van der Waals surface area contributed by atoms with Gasteiger partial charge >= 0.3 is 0 Å². The van der Waals surface area contributed by atoms with Crippen molar-refractivity contribution < 1.29 is 4.79 Å². The first-order valence-electron chi connectivity index (χ1n) is 4.54. The summed E-state index contributed by atoms with van der Waals surface area (Å²) < 4.78 is 0. The van der Waals surface area contributed by atoms with E-state index in [2.05, 4.69) is 21.9 Å². The molecule has 1 aromatic rings. The number of aromatic nitrogens is 2. The van der Waals surface area contributed by atoms with E-state index in [0.717, 1.165) is 5.82 Å². The Morgan fingerprint density at radius 2 is 2.50 bits per heavy atom. The van der Waals surface area contributed by atoms with E-state index in [4.69, 9.17) is 0 Å². The van der Waals surface area contributed by atoms with Crippen molar-refractivity contribution in [1.29, 1.82) is 0 Å². The maximum absolute atomic E-state index is 11.2. The first-order valence-corrected chi connectivity index (χ1v) is 4.54. The van der Waals surface area contributed by atoms with Gasteiger partial charge in [0.05, 0.1) is 0 Å². The Bertz CT molecular complexity index is 316. The normalized spacial score (nSPS) is 12.1. The van der Waals surface area contributed by atoms with Gasteiger partial charge in [-0.05, 0) is 13.8 Å². The first-order chi connectivity index (χ1) is 6.59. The van der Waals surface area contributed by atoms with Crippen LogP contribution < -0.4 is 5.32 Å². The third-order valence-corrected chi connectivity index (χ3v) is 1.82. The molecule has 0 aliphatic heterocycles. The second kappa shape index (κ2) is 4.60. The molecule has 0 spiro atoms. The molecule has 2 N–H and O–H groups in total. The average Bonchev–Trinajstić information content (AvgIpc) is 2.56. The molecule has 76 valence electrons. The Morgan fingerprint density at radius 3 is 3.00 bits per heavy atom. The zero-order valence-corrected chi connectivity index (χ0v) is 8.50. The molecule has 1 amide bonds. The average molecular weight is 193 g/mol. The van der Waals surface area contributed by atoms with Crippen molar-refractivity contribution in [1.82, 2.24) is 15.3 Å². The van der Waals surface area contributed by atoms with Gasteiger partial charge in [0.15, 0.2) is 0 Å². The van der Waals surface area contributed by atoms with Crippen LogP contribution in [-0.4, -0.2) is 21.9 Å². The van der Waals surface area contributed by atoms with Gasteiger partial charge in [-0.3, -0.25) is 4.79 Å². The number of hydrogen-bond acceptors (Lipinski definition) is 2. The van der Waals surface area contributed by atoms with Gasteiger partial charge in [-0.2, -0.15) is 0 Å². The largest absolute Gasteiger partial charge is 0.349 e. The Hall–Kier alpha value is -1.58. The van der Waals surface area contributed by atoms with E-state index in [9.17, 15) is 4.79 Å². The Kier molecular flexibility index (Phi) is 3.45. The van der Waals surface area contributed by atoms with Gasteiger partial charge in [-0.15, -0.1) is 0 Å². The molecule has 0 aliphatic carbocycles. The number of amides is 1. The summed E-state index contributed by atoms with van der Waals surface area (Å²) in [6.07, 6.45) is 4.16. The van der Waals surface area contributed by atoms with Crippen molar-refractivity contribution in [3.05, 3.63) is 30.4 Å². The third kappa shape index (κ3) is 3.05. The minimum absolute atomic E-state index is 0.0605. The van der Waals surface area contributed by atoms with E-state index >= 15 is 0 Å². The topological polar surface area (TPSA) is 57.8 Å². The third-order valence-electron chi connectivity index (χ3n) is 1.82. The maximum atomic E-state index is 11.2. The van der Waals surface area contributed by atoms with Gasteiger partial charge in [0, 0.05) is 30.4 Å². The molecular weight excluding hydrogens is 178 g/mol. The molecule has 0 aliphatic rings. The lowest BCUT2D eigenvalue weighted by Gasteiger charge is -2.11. The molecule has 0 bridgehead atoms. The summed E-state index contributed by atoms with van der Waals surface area (Å²) in [4.78, 5) is 18.3. The SMILES string of the molecule is C=C(C)C(=O)NC(C)Cc1ncc[nH]1. The number of carbonyl (C=O) groups excluding carboxylic acids is 1. The lowest BCUT2D eigenvalue weighted by molar-refractivity contribution is -0.118. The monoisotopic (exact) mass is 193 g/mol. The van der Waals surface area contributed by atoms with Gasteiger partial charge in [-0.1, -0.05) is 6.58 Å². The summed E-state index contributed by atoms with van der Waals surface area (Å²) >= 11 is 0. The molecule has 0 saturated heterocycles. The summed E-state index contributed by atoms with van der Waals surface area (Å²) in [6, 6.07) is 0.0605. The fourth-order valence-electron chi connectivity index (χ4n) is 1.10. The zero-order valence-electron chi connectivity index (χ0n) is 8.50. The van der Waals surface area contributed by atoms with Crippen LogP contribution in [0.5, 0.6) is 0 Å². The second-order valence-electron chi connectivity index (χ2n) is 3.39. The van der Waals surface area contributed by atoms with E-state index in [0.29, 0.717) is 12.0 Å². The number of hydrogen-bond donors (Lipinski definition) is 2. The number of aromatic amines is 1. The summed E-state index contributed by atoms with van der Waals surface area (Å²) in [6.45, 7) is 7.19. The van der Waals surface area contributed by atoms with Crippen LogP contribution in [0, 0.1) is 0 Å². The van der Waals surface area contributed by atoms with Crippen molar-refractivity contribution in [2.45, 2.75) is 26.3 Å². The molecule has 4 heteroatoms. The van der Waals surface area contributed by atoms with E-state index in [1.165, 1.54) is 0 Å². The van der Waals surface area contributed by atoms with Crippen LogP contribution in [0.3, 0.4) is 0 Å². The highest BCUT2D eigenvalue weighted by atomic mass is 16.1. The van der Waals surface area contributed by atoms with Crippen LogP contribution in [0.4, 0.5) is 0 Å². The number of H-pyrrole nitrogens is 1. The molecular formula is C10H15N3O. The minimum atomic E-state index is -0.107. The van der Waals surface area contributed by atoms with Gasteiger partial charge < -0.3 is 10.3 Å². The Morgan fingerprint density at radius 1 is 1.79 bits per heavy atom.